The van der Waals surface area contributed by atoms with Crippen molar-refractivity contribution >= 4 is 23.5 Å². The third kappa shape index (κ3) is 8.25. The van der Waals surface area contributed by atoms with Gasteiger partial charge in [-0.25, -0.2) is 9.13 Å². The van der Waals surface area contributed by atoms with Gasteiger partial charge in [-0.1, -0.05) is 20.8 Å². The van der Waals surface area contributed by atoms with Crippen LogP contribution in [0.25, 0.3) is 0 Å². The Morgan fingerprint density at radius 1 is 1.17 bits per heavy atom. The van der Waals surface area contributed by atoms with Crippen LogP contribution in [0, 0.1) is 5.41 Å². The molecular weight excluding hydrogens is 349 g/mol. The minimum Gasteiger partial charge on any atom is -0.381 e. The van der Waals surface area contributed by atoms with Crippen molar-refractivity contribution < 1.29 is 42.1 Å². The summed E-state index contributed by atoms with van der Waals surface area (Å²) in [5, 5.41) is 0. The molecule has 1 saturated heterocycles. The molecule has 1 rings (SSSR count). The molecule has 0 amide bonds. The van der Waals surface area contributed by atoms with Crippen LogP contribution < -0.4 is 0 Å². The van der Waals surface area contributed by atoms with Gasteiger partial charge in [-0.3, -0.25) is 13.6 Å². The predicted octanol–water partition coefficient (Wildman–Crippen LogP) is 1.32. The predicted molar refractivity (Wildman–Crippen MR) is 81.8 cm³/mol. The van der Waals surface area contributed by atoms with E-state index in [0.29, 0.717) is 0 Å². The number of hydrogen-bond acceptors (Lipinski definition) is 6. The first kappa shape index (κ1) is 21.3. The zero-order chi connectivity index (χ0) is 17.9. The van der Waals surface area contributed by atoms with Gasteiger partial charge in [-0.2, -0.15) is 0 Å². The lowest BCUT2D eigenvalue weighted by Crippen LogP contribution is -2.36. The number of phosphoric ester groups is 2. The van der Waals surface area contributed by atoms with Crippen LogP contribution in [0.1, 0.15) is 33.6 Å². The largest absolute Gasteiger partial charge is 0.472 e. The van der Waals surface area contributed by atoms with E-state index in [4.69, 9.17) is 31.4 Å². The van der Waals surface area contributed by atoms with Crippen LogP contribution in [0.2, 0.25) is 0 Å². The first-order chi connectivity index (χ1) is 10.3. The van der Waals surface area contributed by atoms with E-state index < -0.39 is 33.9 Å². The Kier molecular flexibility index (Phi) is 7.48. The molecule has 23 heavy (non-hydrogen) atoms. The normalized spacial score (nSPS) is 28.7. The second kappa shape index (κ2) is 8.08. The molecule has 134 valence electrons. The Hall–Kier alpha value is 0.245. The van der Waals surface area contributed by atoms with Gasteiger partial charge in [-0.05, 0) is 18.3 Å². The zero-order valence-electron chi connectivity index (χ0n) is 13.3. The summed E-state index contributed by atoms with van der Waals surface area (Å²) in [6.45, 7) is 5.12. The molecule has 0 aromatic rings. The highest BCUT2D eigenvalue weighted by Crippen LogP contribution is 2.49. The Morgan fingerprint density at radius 3 is 2.26 bits per heavy atom. The van der Waals surface area contributed by atoms with E-state index in [2.05, 4.69) is 4.52 Å². The molecule has 0 aromatic carbocycles. The minimum atomic E-state index is -4.55. The van der Waals surface area contributed by atoms with Crippen LogP contribution in [0.3, 0.4) is 0 Å². The molecule has 12 heteroatoms. The highest BCUT2D eigenvalue weighted by atomic mass is 31.2. The van der Waals surface area contributed by atoms with Crippen molar-refractivity contribution in [3.8, 4) is 0 Å². The summed E-state index contributed by atoms with van der Waals surface area (Å²) >= 11 is 0. The fourth-order valence-electron chi connectivity index (χ4n) is 2.17. The van der Waals surface area contributed by atoms with Crippen molar-refractivity contribution in [2.24, 2.45) is 5.41 Å². The van der Waals surface area contributed by atoms with Gasteiger partial charge in [-0.15, -0.1) is 0 Å². The molecule has 1 aliphatic heterocycles. The van der Waals surface area contributed by atoms with Crippen molar-refractivity contribution in [1.82, 2.24) is 0 Å². The van der Waals surface area contributed by atoms with Gasteiger partial charge < -0.3 is 19.4 Å². The van der Waals surface area contributed by atoms with Crippen LogP contribution in [0.5, 0.6) is 0 Å². The van der Waals surface area contributed by atoms with Gasteiger partial charge in [0.25, 0.3) is 0 Å². The van der Waals surface area contributed by atoms with E-state index in [-0.39, 0.29) is 31.5 Å². The molecule has 2 radical (unpaired) electrons. The highest BCUT2D eigenvalue weighted by Gasteiger charge is 2.44. The standard InChI is InChI=1S/C11H23BO9P2/c1-11(2,3)10-8(7-9(12)20-10)21-23(16,17)19-6-4-5-18-22(13,14)15/h8-10H,4-7H2,1-3H3,(H,16,17)(H2,13,14,15). The summed E-state index contributed by atoms with van der Waals surface area (Å²) < 4.78 is 42.0. The molecule has 1 aliphatic rings. The first-order valence-electron chi connectivity index (χ1n) is 7.07. The van der Waals surface area contributed by atoms with E-state index in [1.54, 1.807) is 0 Å². The maximum atomic E-state index is 11.9. The van der Waals surface area contributed by atoms with Crippen molar-refractivity contribution in [3.63, 3.8) is 0 Å². The average Bonchev–Trinajstić information content (AvgIpc) is 2.67. The van der Waals surface area contributed by atoms with Crippen LogP contribution in [0.15, 0.2) is 0 Å². The summed E-state index contributed by atoms with van der Waals surface area (Å²) in [5.74, 6) is 0. The van der Waals surface area contributed by atoms with Crippen molar-refractivity contribution in [2.75, 3.05) is 13.2 Å². The maximum absolute atomic E-state index is 11.9. The summed E-state index contributed by atoms with van der Waals surface area (Å²) in [6.07, 6.45) is -0.869. The minimum absolute atomic E-state index is 0.0163. The Balaban J connectivity index is 2.45. The average molecular weight is 372 g/mol. The first-order valence-corrected chi connectivity index (χ1v) is 10.1. The molecule has 0 aliphatic carbocycles. The van der Waals surface area contributed by atoms with Crippen molar-refractivity contribution in [3.05, 3.63) is 0 Å². The molecule has 4 unspecified atom stereocenters. The monoisotopic (exact) mass is 372 g/mol. The van der Waals surface area contributed by atoms with E-state index in [9.17, 15) is 14.0 Å². The van der Waals surface area contributed by atoms with E-state index in [1.807, 2.05) is 20.8 Å². The number of phosphoric acid groups is 2. The summed E-state index contributed by atoms with van der Waals surface area (Å²) in [7, 11) is -3.19. The van der Waals surface area contributed by atoms with Gasteiger partial charge in [0.1, 0.15) is 7.85 Å². The topological polar surface area (TPSA) is 132 Å². The Morgan fingerprint density at radius 2 is 1.74 bits per heavy atom. The number of rotatable bonds is 8. The van der Waals surface area contributed by atoms with Gasteiger partial charge in [0.15, 0.2) is 0 Å². The molecule has 4 atom stereocenters. The lowest BCUT2D eigenvalue weighted by Gasteiger charge is -2.31. The second-order valence-electron chi connectivity index (χ2n) is 6.32. The lowest BCUT2D eigenvalue weighted by molar-refractivity contribution is -0.0366. The SMILES string of the molecule is [B]C1CC(OP(=O)(O)OCCCOP(=O)(O)O)C(C(C)(C)C)O1. The van der Waals surface area contributed by atoms with Gasteiger partial charge in [0, 0.05) is 6.00 Å². The maximum Gasteiger partial charge on any atom is 0.472 e. The highest BCUT2D eigenvalue weighted by molar-refractivity contribution is 7.47. The third-order valence-corrected chi connectivity index (χ3v) is 4.61. The van der Waals surface area contributed by atoms with E-state index in [1.165, 1.54) is 0 Å². The van der Waals surface area contributed by atoms with Crippen molar-refractivity contribution in [2.45, 2.75) is 51.8 Å². The van der Waals surface area contributed by atoms with E-state index in [0.717, 1.165) is 0 Å². The molecule has 3 N–H and O–H groups in total. The molecule has 0 spiro atoms. The molecule has 0 bridgehead atoms. The van der Waals surface area contributed by atoms with Crippen LogP contribution in [-0.2, 0) is 27.4 Å². The van der Waals surface area contributed by atoms with Crippen LogP contribution in [0.4, 0.5) is 0 Å². The second-order valence-corrected chi connectivity index (χ2v) is 8.97. The quantitative estimate of drug-likeness (QED) is 0.328. The van der Waals surface area contributed by atoms with E-state index >= 15 is 0 Å². The third-order valence-electron chi connectivity index (χ3n) is 3.05. The fourth-order valence-corrected chi connectivity index (χ4v) is 3.49. The lowest BCUT2D eigenvalue weighted by atomic mass is 9.85. The molecule has 9 nitrogen and oxygen atoms in total. The van der Waals surface area contributed by atoms with Gasteiger partial charge in [0.05, 0.1) is 25.4 Å². The summed E-state index contributed by atoms with van der Waals surface area (Å²) in [5.41, 5.74) is -0.337. The molecule has 1 fully saturated rings. The summed E-state index contributed by atoms with van der Waals surface area (Å²) in [6, 6.07) is -0.583. The zero-order valence-corrected chi connectivity index (χ0v) is 15.1. The summed E-state index contributed by atoms with van der Waals surface area (Å²) in [4.78, 5) is 26.7. The van der Waals surface area contributed by atoms with Gasteiger partial charge in [0.2, 0.25) is 0 Å². The smallest absolute Gasteiger partial charge is 0.381 e. The fraction of sp³-hybridized carbons (Fsp3) is 1.00. The van der Waals surface area contributed by atoms with Crippen molar-refractivity contribution in [1.29, 1.82) is 0 Å². The van der Waals surface area contributed by atoms with Gasteiger partial charge >= 0.3 is 15.6 Å². The van der Waals surface area contributed by atoms with Crippen LogP contribution >= 0.6 is 15.6 Å². The number of hydrogen-bond donors (Lipinski definition) is 3. The van der Waals surface area contributed by atoms with Crippen LogP contribution in [-0.4, -0.2) is 54.0 Å². The molecule has 0 saturated carbocycles. The molecule has 1 heterocycles. The number of ether oxygens (including phenoxy) is 1. The molecular formula is C11H23BO9P2. The Labute approximate surface area is 136 Å². The molecule has 0 aromatic heterocycles. The Bertz CT molecular complexity index is 475.